The molecule has 0 bridgehead atoms. The fourth-order valence-electron chi connectivity index (χ4n) is 4.39. The molecular weight excluding hydrogens is 511 g/mol. The number of benzene rings is 2. The summed E-state index contributed by atoms with van der Waals surface area (Å²) in [5, 5.41) is 50.2. The van der Waals surface area contributed by atoms with Crippen LogP contribution < -0.4 is 0 Å². The average Bonchev–Trinajstić information content (AvgIpc) is 3.31. The molecule has 2 heterocycles. The van der Waals surface area contributed by atoms with Gasteiger partial charge in [0.2, 0.25) is 0 Å². The molecule has 1 unspecified atom stereocenters. The number of halogens is 3. The molecule has 12 heteroatoms. The van der Waals surface area contributed by atoms with Crippen molar-refractivity contribution in [2.75, 3.05) is 6.61 Å². The van der Waals surface area contributed by atoms with E-state index in [-0.39, 0.29) is 11.3 Å². The summed E-state index contributed by atoms with van der Waals surface area (Å²) in [5.41, 5.74) is -0.635. The highest BCUT2D eigenvalue weighted by atomic mass is 32.2. The molecule has 2 aromatic carbocycles. The van der Waals surface area contributed by atoms with E-state index in [1.807, 2.05) is 31.2 Å². The molecule has 0 amide bonds. The Labute approximate surface area is 215 Å². The summed E-state index contributed by atoms with van der Waals surface area (Å²) in [6.07, 6.45) is -2.68. The highest BCUT2D eigenvalue weighted by Gasteiger charge is 2.48. The first-order valence-electron chi connectivity index (χ1n) is 11.5. The molecular formula is C25H28F3N3O5S. The van der Waals surface area contributed by atoms with Crippen molar-refractivity contribution in [1.82, 2.24) is 15.0 Å². The molecule has 0 saturated carbocycles. The Morgan fingerprint density at radius 2 is 1.76 bits per heavy atom. The number of hydrogen-bond acceptors (Lipinski definition) is 8. The van der Waals surface area contributed by atoms with Gasteiger partial charge < -0.3 is 25.2 Å². The normalized spacial score (nSPS) is 25.3. The molecule has 1 aromatic heterocycles. The van der Waals surface area contributed by atoms with Crippen molar-refractivity contribution in [3.05, 3.63) is 71.2 Å². The summed E-state index contributed by atoms with van der Waals surface area (Å²) < 4.78 is 47.8. The third-order valence-electron chi connectivity index (χ3n) is 6.33. The molecule has 3 aromatic rings. The molecule has 1 saturated heterocycles. The van der Waals surface area contributed by atoms with Gasteiger partial charge in [-0.25, -0.2) is 17.9 Å². The van der Waals surface area contributed by atoms with E-state index in [4.69, 9.17) is 4.74 Å². The summed E-state index contributed by atoms with van der Waals surface area (Å²) in [5.74, 6) is -4.42. The van der Waals surface area contributed by atoms with Gasteiger partial charge in [0.25, 0.3) is 0 Å². The monoisotopic (exact) mass is 539 g/mol. The maximum absolute atomic E-state index is 13.7. The molecule has 0 spiro atoms. The number of aliphatic hydroxyl groups is 4. The van der Waals surface area contributed by atoms with Crippen LogP contribution in [0.5, 0.6) is 0 Å². The van der Waals surface area contributed by atoms with Gasteiger partial charge in [0.05, 0.1) is 23.7 Å². The van der Waals surface area contributed by atoms with Crippen LogP contribution >= 0.6 is 11.8 Å². The zero-order chi connectivity index (χ0) is 27.1. The predicted octanol–water partition coefficient (Wildman–Crippen LogP) is 2.90. The molecule has 1 fully saturated rings. The number of aliphatic hydroxyl groups excluding tert-OH is 3. The van der Waals surface area contributed by atoms with Gasteiger partial charge in [0.1, 0.15) is 35.5 Å². The minimum Gasteiger partial charge on any atom is -0.394 e. The molecule has 4 N–H and O–H groups in total. The van der Waals surface area contributed by atoms with Gasteiger partial charge in [0.15, 0.2) is 17.5 Å². The zero-order valence-corrected chi connectivity index (χ0v) is 21.1. The van der Waals surface area contributed by atoms with Crippen molar-refractivity contribution in [1.29, 1.82) is 0 Å². The van der Waals surface area contributed by atoms with Crippen LogP contribution in [0.3, 0.4) is 0 Å². The average molecular weight is 540 g/mol. The Morgan fingerprint density at radius 3 is 2.35 bits per heavy atom. The second-order valence-corrected chi connectivity index (χ2v) is 10.8. The van der Waals surface area contributed by atoms with Crippen LogP contribution in [0.15, 0.2) is 42.6 Å². The minimum atomic E-state index is -1.62. The number of thioether (sulfide) groups is 1. The maximum atomic E-state index is 13.7. The number of hydrogen-bond donors (Lipinski definition) is 4. The van der Waals surface area contributed by atoms with Crippen molar-refractivity contribution in [3.63, 3.8) is 0 Å². The molecule has 4 rings (SSSR count). The van der Waals surface area contributed by atoms with Crippen molar-refractivity contribution < 1.29 is 38.3 Å². The quantitative estimate of drug-likeness (QED) is 0.339. The SMILES string of the molecule is Cc1ccccc1C(S[C@@H]1O[C@H](CO)[C@H](O)[C@H](n2cc(-c3cc(F)c(F)c(F)c3)nn2)[C@H]1O)C(C)(C)O. The molecule has 0 aliphatic carbocycles. The lowest BCUT2D eigenvalue weighted by atomic mass is 9.94. The standard InChI is InChI=1S/C25H28F3N3O5S/c1-12-6-4-5-7-14(12)23(25(2,3)35)37-24-22(34)20(21(33)18(11-32)36-24)31-10-17(29-30-31)13-8-15(26)19(28)16(27)9-13/h4-10,18,20-24,32-35H,11H2,1-3H3/t18-,20+,21+,22-,23?,24+/m1/s1. The zero-order valence-electron chi connectivity index (χ0n) is 20.3. The van der Waals surface area contributed by atoms with Crippen LogP contribution in [0.2, 0.25) is 0 Å². The molecule has 37 heavy (non-hydrogen) atoms. The minimum absolute atomic E-state index is 0.0253. The summed E-state index contributed by atoms with van der Waals surface area (Å²) in [4.78, 5) is 0. The van der Waals surface area contributed by atoms with Gasteiger partial charge in [-0.05, 0) is 44.0 Å². The largest absolute Gasteiger partial charge is 0.394 e. The number of aryl methyl sites for hydroxylation is 1. The second-order valence-electron chi connectivity index (χ2n) is 9.56. The van der Waals surface area contributed by atoms with E-state index in [1.54, 1.807) is 13.8 Å². The predicted molar refractivity (Wildman–Crippen MR) is 130 cm³/mol. The third kappa shape index (κ3) is 5.54. The molecule has 6 atom stereocenters. The third-order valence-corrected chi connectivity index (χ3v) is 8.09. The summed E-state index contributed by atoms with van der Waals surface area (Å²) >= 11 is 1.13. The van der Waals surface area contributed by atoms with Crippen LogP contribution in [0.4, 0.5) is 13.2 Å². The van der Waals surface area contributed by atoms with Crippen LogP contribution in [-0.2, 0) is 4.74 Å². The molecule has 8 nitrogen and oxygen atoms in total. The Morgan fingerprint density at radius 1 is 1.11 bits per heavy atom. The van der Waals surface area contributed by atoms with Crippen molar-refractivity contribution in [2.24, 2.45) is 0 Å². The van der Waals surface area contributed by atoms with E-state index in [2.05, 4.69) is 10.3 Å². The van der Waals surface area contributed by atoms with Crippen molar-refractivity contribution in [2.45, 2.75) is 61.4 Å². The van der Waals surface area contributed by atoms with E-state index < -0.39 is 64.7 Å². The first-order valence-corrected chi connectivity index (χ1v) is 12.5. The van der Waals surface area contributed by atoms with Crippen LogP contribution in [0.1, 0.15) is 36.3 Å². The van der Waals surface area contributed by atoms with Crippen LogP contribution in [0.25, 0.3) is 11.3 Å². The maximum Gasteiger partial charge on any atom is 0.194 e. The summed E-state index contributed by atoms with van der Waals surface area (Å²) in [6.45, 7) is 4.59. The van der Waals surface area contributed by atoms with Gasteiger partial charge in [-0.3, -0.25) is 0 Å². The number of rotatable bonds is 7. The Kier molecular flexibility index (Phi) is 7.98. The van der Waals surface area contributed by atoms with Gasteiger partial charge in [-0.15, -0.1) is 16.9 Å². The lowest BCUT2D eigenvalue weighted by Crippen LogP contribution is -2.55. The van der Waals surface area contributed by atoms with E-state index in [9.17, 15) is 33.6 Å². The first-order chi connectivity index (χ1) is 17.4. The Balaban J connectivity index is 1.67. The fourth-order valence-corrected chi connectivity index (χ4v) is 5.93. The van der Waals surface area contributed by atoms with E-state index in [0.717, 1.165) is 39.7 Å². The second kappa shape index (κ2) is 10.7. The number of nitrogens with zero attached hydrogens (tertiary/aromatic N) is 3. The number of ether oxygens (including phenoxy) is 1. The smallest absolute Gasteiger partial charge is 0.194 e. The van der Waals surface area contributed by atoms with Gasteiger partial charge >= 0.3 is 0 Å². The molecule has 1 aliphatic rings. The van der Waals surface area contributed by atoms with Gasteiger partial charge in [-0.2, -0.15) is 0 Å². The van der Waals surface area contributed by atoms with Gasteiger partial charge in [0, 0.05) is 5.56 Å². The lowest BCUT2D eigenvalue weighted by molar-refractivity contribution is -0.179. The van der Waals surface area contributed by atoms with Gasteiger partial charge in [-0.1, -0.05) is 29.5 Å². The first kappa shape index (κ1) is 27.6. The topological polar surface area (TPSA) is 121 Å². The van der Waals surface area contributed by atoms with Crippen molar-refractivity contribution >= 4 is 11.8 Å². The van der Waals surface area contributed by atoms with Crippen LogP contribution in [-0.4, -0.2) is 71.4 Å². The van der Waals surface area contributed by atoms with Crippen molar-refractivity contribution in [3.8, 4) is 11.3 Å². The molecule has 1 aliphatic heterocycles. The number of aromatic nitrogens is 3. The molecule has 0 radical (unpaired) electrons. The fraction of sp³-hybridized carbons (Fsp3) is 0.440. The lowest BCUT2D eigenvalue weighted by Gasteiger charge is -2.44. The van der Waals surface area contributed by atoms with E-state index in [1.165, 1.54) is 6.20 Å². The van der Waals surface area contributed by atoms with E-state index in [0.29, 0.717) is 0 Å². The highest BCUT2D eigenvalue weighted by molar-refractivity contribution is 8.00. The Bertz CT molecular complexity index is 1230. The van der Waals surface area contributed by atoms with Crippen LogP contribution in [0, 0.1) is 24.4 Å². The summed E-state index contributed by atoms with van der Waals surface area (Å²) in [6, 6.07) is 7.81. The van der Waals surface area contributed by atoms with E-state index >= 15 is 0 Å². The molecule has 200 valence electrons. The highest BCUT2D eigenvalue weighted by Crippen LogP contribution is 2.46. The summed E-state index contributed by atoms with van der Waals surface area (Å²) in [7, 11) is 0. The Hall–Kier alpha value is -2.48.